The Morgan fingerprint density at radius 2 is 2.40 bits per heavy atom. The summed E-state index contributed by atoms with van der Waals surface area (Å²) in [5.41, 5.74) is 1.12. The van der Waals surface area contributed by atoms with E-state index in [1.165, 1.54) is 6.42 Å². The molecule has 0 aromatic carbocycles. The highest BCUT2D eigenvalue weighted by atomic mass is 79.9. The van der Waals surface area contributed by atoms with E-state index in [0.717, 1.165) is 5.69 Å². The van der Waals surface area contributed by atoms with Crippen molar-refractivity contribution in [1.82, 2.24) is 10.2 Å². The Morgan fingerprint density at radius 1 is 1.60 bits per heavy atom. The second-order valence-corrected chi connectivity index (χ2v) is 3.68. The van der Waals surface area contributed by atoms with Crippen LogP contribution in [0, 0.1) is 0 Å². The van der Waals surface area contributed by atoms with Crippen molar-refractivity contribution in [2.45, 2.75) is 17.2 Å². The predicted octanol–water partition coefficient (Wildman–Crippen LogP) is 1.73. The maximum absolute atomic E-state index is 4.01. The Bertz CT molecular complexity index is 224. The molecular formula is C7H7BrN2. The van der Waals surface area contributed by atoms with Crippen LogP contribution in [0.5, 0.6) is 0 Å². The molecule has 0 amide bonds. The van der Waals surface area contributed by atoms with E-state index in [2.05, 4.69) is 26.1 Å². The lowest BCUT2D eigenvalue weighted by Crippen LogP contribution is -1.88. The van der Waals surface area contributed by atoms with E-state index in [9.17, 15) is 0 Å². The largest absolute Gasteiger partial charge is 0.159 e. The standard InChI is InChI=1S/C7H7BrN2/c8-6-4-5(6)7-2-1-3-9-10-7/h1-3,5-6H,4H2. The lowest BCUT2D eigenvalue weighted by molar-refractivity contribution is 0.913. The molecule has 1 aromatic heterocycles. The fourth-order valence-corrected chi connectivity index (χ4v) is 1.65. The average molecular weight is 199 g/mol. The molecule has 1 heterocycles. The molecule has 1 fully saturated rings. The van der Waals surface area contributed by atoms with Gasteiger partial charge in [-0.2, -0.15) is 10.2 Å². The van der Waals surface area contributed by atoms with Crippen LogP contribution >= 0.6 is 15.9 Å². The van der Waals surface area contributed by atoms with Gasteiger partial charge >= 0.3 is 0 Å². The minimum Gasteiger partial charge on any atom is -0.159 e. The van der Waals surface area contributed by atoms with Crippen molar-refractivity contribution in [3.8, 4) is 0 Å². The summed E-state index contributed by atoms with van der Waals surface area (Å²) in [7, 11) is 0. The van der Waals surface area contributed by atoms with Crippen LogP contribution in [-0.4, -0.2) is 15.0 Å². The third-order valence-corrected chi connectivity index (χ3v) is 2.70. The highest BCUT2D eigenvalue weighted by Crippen LogP contribution is 2.45. The second-order valence-electron chi connectivity index (χ2n) is 2.51. The maximum Gasteiger partial charge on any atom is 0.0673 e. The molecule has 1 saturated carbocycles. The van der Waals surface area contributed by atoms with Gasteiger partial charge in [0.2, 0.25) is 0 Å². The SMILES string of the molecule is BrC1CC1c1cccnn1. The number of alkyl halides is 1. The number of halogens is 1. The fourth-order valence-electron chi connectivity index (χ4n) is 0.981. The smallest absolute Gasteiger partial charge is 0.0673 e. The third kappa shape index (κ3) is 1.06. The molecule has 0 saturated heterocycles. The topological polar surface area (TPSA) is 25.8 Å². The number of nitrogens with zero attached hydrogens (tertiary/aromatic N) is 2. The normalized spacial score (nSPS) is 30.1. The average Bonchev–Trinajstić information content (AvgIpc) is 2.69. The first kappa shape index (κ1) is 6.28. The summed E-state index contributed by atoms with van der Waals surface area (Å²) >= 11 is 3.52. The summed E-state index contributed by atoms with van der Waals surface area (Å²) in [4.78, 5) is 0.643. The molecule has 1 aliphatic carbocycles. The van der Waals surface area contributed by atoms with E-state index < -0.39 is 0 Å². The van der Waals surface area contributed by atoms with Gasteiger partial charge < -0.3 is 0 Å². The lowest BCUT2D eigenvalue weighted by Gasteiger charge is -1.91. The van der Waals surface area contributed by atoms with E-state index in [1.807, 2.05) is 12.1 Å². The zero-order chi connectivity index (χ0) is 6.97. The quantitative estimate of drug-likeness (QED) is 0.643. The van der Waals surface area contributed by atoms with Crippen molar-refractivity contribution in [2.75, 3.05) is 0 Å². The summed E-state index contributed by atoms with van der Waals surface area (Å²) in [6.07, 6.45) is 2.91. The van der Waals surface area contributed by atoms with E-state index in [1.54, 1.807) is 6.20 Å². The van der Waals surface area contributed by atoms with Crippen LogP contribution in [0.15, 0.2) is 18.3 Å². The zero-order valence-corrected chi connectivity index (χ0v) is 6.95. The molecule has 0 aliphatic heterocycles. The Balaban J connectivity index is 2.20. The van der Waals surface area contributed by atoms with Crippen LogP contribution in [0.2, 0.25) is 0 Å². The van der Waals surface area contributed by atoms with Gasteiger partial charge in [-0.15, -0.1) is 0 Å². The summed E-state index contributed by atoms with van der Waals surface area (Å²) < 4.78 is 0. The maximum atomic E-state index is 4.01. The van der Waals surface area contributed by atoms with E-state index in [0.29, 0.717) is 10.7 Å². The van der Waals surface area contributed by atoms with Gasteiger partial charge in [0.05, 0.1) is 5.69 Å². The first-order chi connectivity index (χ1) is 4.88. The highest BCUT2D eigenvalue weighted by molar-refractivity contribution is 9.09. The molecule has 3 heteroatoms. The van der Waals surface area contributed by atoms with Crippen molar-refractivity contribution < 1.29 is 0 Å². The predicted molar refractivity (Wildman–Crippen MR) is 42.1 cm³/mol. The molecule has 10 heavy (non-hydrogen) atoms. The van der Waals surface area contributed by atoms with Gasteiger partial charge in [-0.05, 0) is 18.6 Å². The van der Waals surface area contributed by atoms with Crippen LogP contribution < -0.4 is 0 Å². The number of hydrogen-bond donors (Lipinski definition) is 0. The highest BCUT2D eigenvalue weighted by Gasteiger charge is 2.37. The number of aromatic nitrogens is 2. The summed E-state index contributed by atoms with van der Waals surface area (Å²) in [6, 6.07) is 3.96. The van der Waals surface area contributed by atoms with Gasteiger partial charge in [0.1, 0.15) is 0 Å². The van der Waals surface area contributed by atoms with Crippen molar-refractivity contribution in [3.63, 3.8) is 0 Å². The van der Waals surface area contributed by atoms with Gasteiger partial charge in [-0.1, -0.05) is 15.9 Å². The number of rotatable bonds is 1. The van der Waals surface area contributed by atoms with Crippen LogP contribution in [-0.2, 0) is 0 Å². The monoisotopic (exact) mass is 198 g/mol. The molecule has 1 aromatic rings. The van der Waals surface area contributed by atoms with Crippen molar-refractivity contribution in [1.29, 1.82) is 0 Å². The van der Waals surface area contributed by atoms with Crippen LogP contribution in [0.3, 0.4) is 0 Å². The summed E-state index contributed by atoms with van der Waals surface area (Å²) in [5, 5.41) is 7.82. The Hall–Kier alpha value is -0.440. The van der Waals surface area contributed by atoms with E-state index >= 15 is 0 Å². The van der Waals surface area contributed by atoms with E-state index in [-0.39, 0.29) is 0 Å². The molecule has 0 spiro atoms. The minimum absolute atomic E-state index is 0.619. The molecule has 2 unspecified atom stereocenters. The van der Waals surface area contributed by atoms with Crippen molar-refractivity contribution >= 4 is 15.9 Å². The lowest BCUT2D eigenvalue weighted by atomic mass is 10.3. The second kappa shape index (κ2) is 2.31. The molecular weight excluding hydrogens is 192 g/mol. The van der Waals surface area contributed by atoms with Gasteiger partial charge in [0.25, 0.3) is 0 Å². The molecule has 0 bridgehead atoms. The van der Waals surface area contributed by atoms with Crippen molar-refractivity contribution in [3.05, 3.63) is 24.0 Å². The molecule has 1 aliphatic rings. The van der Waals surface area contributed by atoms with E-state index in [4.69, 9.17) is 0 Å². The van der Waals surface area contributed by atoms with Crippen LogP contribution in [0.1, 0.15) is 18.0 Å². The summed E-state index contributed by atoms with van der Waals surface area (Å²) in [6.45, 7) is 0. The molecule has 52 valence electrons. The Labute approximate surface area is 67.8 Å². The molecule has 2 atom stereocenters. The fraction of sp³-hybridized carbons (Fsp3) is 0.429. The van der Waals surface area contributed by atoms with Crippen LogP contribution in [0.4, 0.5) is 0 Å². The van der Waals surface area contributed by atoms with Gasteiger partial charge in [0.15, 0.2) is 0 Å². The Kier molecular flexibility index (Phi) is 1.45. The van der Waals surface area contributed by atoms with Crippen LogP contribution in [0.25, 0.3) is 0 Å². The van der Waals surface area contributed by atoms with Gasteiger partial charge in [-0.25, -0.2) is 0 Å². The molecule has 0 radical (unpaired) electrons. The Morgan fingerprint density at radius 3 is 2.90 bits per heavy atom. The number of hydrogen-bond acceptors (Lipinski definition) is 2. The molecule has 2 nitrogen and oxygen atoms in total. The molecule has 0 N–H and O–H groups in total. The first-order valence-electron chi connectivity index (χ1n) is 3.29. The first-order valence-corrected chi connectivity index (χ1v) is 4.21. The third-order valence-electron chi connectivity index (χ3n) is 1.69. The zero-order valence-electron chi connectivity index (χ0n) is 5.37. The summed E-state index contributed by atoms with van der Waals surface area (Å²) in [5.74, 6) is 0.619. The minimum atomic E-state index is 0.619. The van der Waals surface area contributed by atoms with Gasteiger partial charge in [-0.3, -0.25) is 0 Å². The molecule has 2 rings (SSSR count). The van der Waals surface area contributed by atoms with Crippen molar-refractivity contribution in [2.24, 2.45) is 0 Å². The van der Waals surface area contributed by atoms with Gasteiger partial charge in [0, 0.05) is 16.9 Å².